The van der Waals surface area contributed by atoms with E-state index in [4.69, 9.17) is 11.1 Å². The molecule has 16 heavy (non-hydrogen) atoms. The third-order valence-corrected chi connectivity index (χ3v) is 3.64. The molecule has 86 valence electrons. The molecule has 0 radical (unpaired) electrons. The zero-order valence-corrected chi connectivity index (χ0v) is 10.6. The van der Waals surface area contributed by atoms with E-state index in [1.807, 2.05) is 12.3 Å². The predicted molar refractivity (Wildman–Crippen MR) is 68.8 cm³/mol. The summed E-state index contributed by atoms with van der Waals surface area (Å²) in [6.07, 6.45) is 5.54. The lowest BCUT2D eigenvalue weighted by molar-refractivity contribution is 0.497. The van der Waals surface area contributed by atoms with Crippen LogP contribution in [0.4, 0.5) is 5.69 Å². The van der Waals surface area contributed by atoms with Crippen LogP contribution >= 0.6 is 15.9 Å². The zero-order chi connectivity index (χ0) is 11.5. The van der Waals surface area contributed by atoms with Crippen molar-refractivity contribution >= 4 is 27.5 Å². The molecule has 1 aromatic rings. The molecule has 0 bridgehead atoms. The molecule has 0 aliphatic carbocycles. The molecule has 1 aliphatic heterocycles. The maximum atomic E-state index is 7.44. The summed E-state index contributed by atoms with van der Waals surface area (Å²) in [5.41, 5.74) is 6.70. The van der Waals surface area contributed by atoms with Gasteiger partial charge < -0.3 is 10.6 Å². The minimum Gasteiger partial charge on any atom is -0.387 e. The smallest absolute Gasteiger partial charge is 0.0938 e. The number of pyridine rings is 1. The lowest BCUT2D eigenvalue weighted by Crippen LogP contribution is -2.38. The van der Waals surface area contributed by atoms with Gasteiger partial charge in [-0.15, -0.1) is 0 Å². The van der Waals surface area contributed by atoms with Crippen molar-refractivity contribution in [2.24, 2.45) is 11.7 Å². The summed E-state index contributed by atoms with van der Waals surface area (Å²) >= 11 is 3.50. The number of nitrogens with one attached hydrogen (secondary N) is 1. The molecule has 0 spiro atoms. The summed E-state index contributed by atoms with van der Waals surface area (Å²) < 4.78 is 1.02. The van der Waals surface area contributed by atoms with Crippen LogP contribution in [0.2, 0.25) is 0 Å². The number of hydrogen-bond acceptors (Lipinski definition) is 3. The number of nitrogens with two attached hydrogens (primary N) is 1. The molecule has 0 unspecified atom stereocenters. The molecule has 2 rings (SSSR count). The molecule has 0 amide bonds. The third kappa shape index (κ3) is 2.35. The maximum absolute atomic E-state index is 7.44. The van der Waals surface area contributed by atoms with Gasteiger partial charge in [-0.1, -0.05) is 0 Å². The average molecular weight is 283 g/mol. The van der Waals surface area contributed by atoms with E-state index in [2.05, 4.69) is 25.8 Å². The predicted octanol–water partition coefficient (Wildman–Crippen LogP) is 2.00. The first-order valence-corrected chi connectivity index (χ1v) is 6.16. The van der Waals surface area contributed by atoms with Crippen LogP contribution in [-0.2, 0) is 0 Å². The number of piperidine rings is 1. The number of nitrogens with zero attached hydrogens (tertiary/aromatic N) is 2. The van der Waals surface area contributed by atoms with Gasteiger partial charge in [0.25, 0.3) is 0 Å². The zero-order valence-electron chi connectivity index (χ0n) is 8.99. The van der Waals surface area contributed by atoms with Crippen LogP contribution in [0.25, 0.3) is 0 Å². The normalized spacial score (nSPS) is 17.4. The van der Waals surface area contributed by atoms with E-state index in [9.17, 15) is 0 Å². The van der Waals surface area contributed by atoms with E-state index < -0.39 is 0 Å². The van der Waals surface area contributed by atoms with Crippen molar-refractivity contribution in [3.8, 4) is 0 Å². The first-order chi connectivity index (χ1) is 7.68. The number of amidine groups is 1. The van der Waals surface area contributed by atoms with Crippen molar-refractivity contribution in [3.05, 3.63) is 22.9 Å². The molecule has 5 heteroatoms. The van der Waals surface area contributed by atoms with Crippen LogP contribution in [-0.4, -0.2) is 23.9 Å². The Morgan fingerprint density at radius 3 is 2.75 bits per heavy atom. The Kier molecular flexibility index (Phi) is 3.43. The Balaban J connectivity index is 2.05. The molecule has 3 N–H and O–H groups in total. The molecule has 2 heterocycles. The van der Waals surface area contributed by atoms with Gasteiger partial charge in [0.05, 0.1) is 16.0 Å². The summed E-state index contributed by atoms with van der Waals surface area (Å²) in [6, 6.07) is 2.01. The van der Waals surface area contributed by atoms with E-state index in [1.165, 1.54) is 5.69 Å². The van der Waals surface area contributed by atoms with E-state index in [0.29, 0.717) is 5.84 Å². The molecule has 0 aromatic carbocycles. The molecule has 1 aliphatic rings. The van der Waals surface area contributed by atoms with E-state index in [0.717, 1.165) is 30.4 Å². The number of aromatic nitrogens is 1. The van der Waals surface area contributed by atoms with E-state index >= 15 is 0 Å². The summed E-state index contributed by atoms with van der Waals surface area (Å²) in [5, 5.41) is 7.44. The fraction of sp³-hybridized carbons (Fsp3) is 0.455. The van der Waals surface area contributed by atoms with Crippen molar-refractivity contribution in [2.45, 2.75) is 12.8 Å². The standard InChI is InChI=1S/C11H15BrN4/c12-9-7-15-4-1-10(9)16-5-2-8(3-6-16)11(13)14/h1,4,7-8H,2-3,5-6H2,(H3,13,14). The van der Waals surface area contributed by atoms with Crippen molar-refractivity contribution in [2.75, 3.05) is 18.0 Å². The summed E-state index contributed by atoms with van der Waals surface area (Å²) in [6.45, 7) is 1.90. The molecule has 1 aromatic heterocycles. The van der Waals surface area contributed by atoms with Crippen molar-refractivity contribution < 1.29 is 0 Å². The fourth-order valence-corrected chi connectivity index (χ4v) is 2.56. The van der Waals surface area contributed by atoms with Crippen molar-refractivity contribution in [3.63, 3.8) is 0 Å². The minimum atomic E-state index is 0.261. The lowest BCUT2D eigenvalue weighted by Gasteiger charge is -2.33. The van der Waals surface area contributed by atoms with Gasteiger partial charge in [0.2, 0.25) is 0 Å². The second kappa shape index (κ2) is 4.82. The second-order valence-electron chi connectivity index (χ2n) is 4.04. The Bertz CT molecular complexity index is 385. The number of rotatable bonds is 2. The molecule has 0 saturated carbocycles. The highest BCUT2D eigenvalue weighted by Crippen LogP contribution is 2.28. The van der Waals surface area contributed by atoms with E-state index in [-0.39, 0.29) is 5.92 Å². The van der Waals surface area contributed by atoms with Crippen LogP contribution in [0.5, 0.6) is 0 Å². The first kappa shape index (κ1) is 11.4. The highest BCUT2D eigenvalue weighted by molar-refractivity contribution is 9.10. The summed E-state index contributed by atoms with van der Waals surface area (Å²) in [4.78, 5) is 6.37. The minimum absolute atomic E-state index is 0.261. The molecule has 0 atom stereocenters. The molecular formula is C11H15BrN4. The highest BCUT2D eigenvalue weighted by atomic mass is 79.9. The van der Waals surface area contributed by atoms with E-state index in [1.54, 1.807) is 6.20 Å². The SMILES string of the molecule is N=C(N)C1CCN(c2ccncc2Br)CC1. The number of halogens is 1. The Morgan fingerprint density at radius 2 is 2.19 bits per heavy atom. The monoisotopic (exact) mass is 282 g/mol. The van der Waals surface area contributed by atoms with Crippen LogP contribution in [0.15, 0.2) is 22.9 Å². The van der Waals surface area contributed by atoms with Gasteiger partial charge in [-0.2, -0.15) is 0 Å². The van der Waals surface area contributed by atoms with Crippen LogP contribution < -0.4 is 10.6 Å². The van der Waals surface area contributed by atoms with Gasteiger partial charge in [-0.05, 0) is 34.8 Å². The maximum Gasteiger partial charge on any atom is 0.0938 e. The van der Waals surface area contributed by atoms with Gasteiger partial charge in [-0.3, -0.25) is 10.4 Å². The molecule has 1 fully saturated rings. The quantitative estimate of drug-likeness (QED) is 0.644. The van der Waals surface area contributed by atoms with Crippen molar-refractivity contribution in [1.29, 1.82) is 5.41 Å². The van der Waals surface area contributed by atoms with Gasteiger partial charge in [-0.25, -0.2) is 0 Å². The highest BCUT2D eigenvalue weighted by Gasteiger charge is 2.22. The molecular weight excluding hydrogens is 268 g/mol. The fourth-order valence-electron chi connectivity index (χ4n) is 2.06. The number of hydrogen-bond donors (Lipinski definition) is 2. The topological polar surface area (TPSA) is 66.0 Å². The van der Waals surface area contributed by atoms with Gasteiger partial charge in [0.1, 0.15) is 0 Å². The van der Waals surface area contributed by atoms with Gasteiger partial charge in [0, 0.05) is 31.4 Å². The van der Waals surface area contributed by atoms with Gasteiger partial charge >= 0.3 is 0 Å². The second-order valence-corrected chi connectivity index (χ2v) is 4.90. The largest absolute Gasteiger partial charge is 0.387 e. The molecule has 1 saturated heterocycles. The third-order valence-electron chi connectivity index (χ3n) is 3.03. The molecule has 4 nitrogen and oxygen atoms in total. The van der Waals surface area contributed by atoms with Gasteiger partial charge in [0.15, 0.2) is 0 Å². The Morgan fingerprint density at radius 1 is 1.50 bits per heavy atom. The Labute approximate surface area is 103 Å². The Hall–Kier alpha value is -1.10. The number of anilines is 1. The van der Waals surface area contributed by atoms with Crippen LogP contribution in [0.1, 0.15) is 12.8 Å². The summed E-state index contributed by atoms with van der Waals surface area (Å²) in [7, 11) is 0. The van der Waals surface area contributed by atoms with Crippen molar-refractivity contribution in [1.82, 2.24) is 4.98 Å². The van der Waals surface area contributed by atoms with Crippen LogP contribution in [0.3, 0.4) is 0 Å². The lowest BCUT2D eigenvalue weighted by atomic mass is 9.95. The average Bonchev–Trinajstić information content (AvgIpc) is 2.30. The van der Waals surface area contributed by atoms with Crippen LogP contribution in [0, 0.1) is 11.3 Å². The first-order valence-electron chi connectivity index (χ1n) is 5.37. The summed E-state index contributed by atoms with van der Waals surface area (Å²) in [5.74, 6) is 0.588.